The third kappa shape index (κ3) is 4.44. The minimum Gasteiger partial charge on any atom is -0.378 e. The van der Waals surface area contributed by atoms with Gasteiger partial charge in [-0.15, -0.1) is 0 Å². The molecule has 2 heterocycles. The SMILES string of the molecule is CC(C)OCC(CCn1cnc2c(=O)[nH]c(N)nc21)(CN=O)CN=O. The van der Waals surface area contributed by atoms with Crippen LogP contribution in [-0.4, -0.2) is 45.3 Å². The van der Waals surface area contributed by atoms with Gasteiger partial charge in [-0.1, -0.05) is 10.4 Å². The second-order valence-electron chi connectivity index (χ2n) is 6.25. The van der Waals surface area contributed by atoms with Gasteiger partial charge in [0.15, 0.2) is 11.2 Å². The third-order valence-corrected chi connectivity index (χ3v) is 3.90. The van der Waals surface area contributed by atoms with E-state index in [9.17, 15) is 14.6 Å². The van der Waals surface area contributed by atoms with Crippen LogP contribution in [0.2, 0.25) is 0 Å². The van der Waals surface area contributed by atoms with E-state index in [0.29, 0.717) is 18.6 Å². The number of anilines is 1. The van der Waals surface area contributed by atoms with E-state index in [1.165, 1.54) is 6.33 Å². The van der Waals surface area contributed by atoms with Crippen LogP contribution in [0.3, 0.4) is 0 Å². The molecule has 0 atom stereocenters. The average Bonchev–Trinajstić information content (AvgIpc) is 2.95. The molecule has 0 unspecified atom stereocenters. The van der Waals surface area contributed by atoms with Crippen molar-refractivity contribution < 1.29 is 4.74 Å². The highest BCUT2D eigenvalue weighted by Crippen LogP contribution is 2.26. The van der Waals surface area contributed by atoms with E-state index < -0.39 is 11.0 Å². The number of fused-ring (bicyclic) bond motifs is 1. The summed E-state index contributed by atoms with van der Waals surface area (Å²) < 4.78 is 7.23. The zero-order valence-corrected chi connectivity index (χ0v) is 14.1. The quantitative estimate of drug-likeness (QED) is 0.605. The first-order valence-electron chi connectivity index (χ1n) is 7.81. The van der Waals surface area contributed by atoms with Crippen molar-refractivity contribution in [2.24, 2.45) is 15.8 Å². The van der Waals surface area contributed by atoms with Gasteiger partial charge in [0, 0.05) is 12.0 Å². The molecule has 11 nitrogen and oxygen atoms in total. The number of aromatic nitrogens is 4. The van der Waals surface area contributed by atoms with Crippen LogP contribution in [0.5, 0.6) is 0 Å². The molecule has 0 saturated carbocycles. The van der Waals surface area contributed by atoms with Crippen LogP contribution < -0.4 is 11.3 Å². The number of H-pyrrole nitrogens is 1. The van der Waals surface area contributed by atoms with Crippen molar-refractivity contribution in [3.63, 3.8) is 0 Å². The molecular weight excluding hydrogens is 330 g/mol. The minimum atomic E-state index is -0.822. The topological polar surface area (TPSA) is 158 Å². The molecule has 2 aromatic rings. The first-order valence-corrected chi connectivity index (χ1v) is 7.81. The Morgan fingerprint density at radius 1 is 1.36 bits per heavy atom. The molecule has 136 valence electrons. The molecule has 0 amide bonds. The zero-order chi connectivity index (χ0) is 18.4. The van der Waals surface area contributed by atoms with Crippen LogP contribution in [0.25, 0.3) is 11.2 Å². The van der Waals surface area contributed by atoms with Crippen LogP contribution >= 0.6 is 0 Å². The van der Waals surface area contributed by atoms with Gasteiger partial charge in [-0.3, -0.25) is 9.78 Å². The number of nitrogens with two attached hydrogens (primary N) is 1. The Kier molecular flexibility index (Phi) is 5.91. The molecule has 0 saturated heterocycles. The van der Waals surface area contributed by atoms with E-state index in [1.54, 1.807) is 4.57 Å². The maximum absolute atomic E-state index is 11.8. The number of nitrogen functional groups attached to an aromatic ring is 1. The molecule has 3 N–H and O–H groups in total. The van der Waals surface area contributed by atoms with Gasteiger partial charge in [-0.05, 0) is 20.3 Å². The fourth-order valence-electron chi connectivity index (χ4n) is 2.48. The van der Waals surface area contributed by atoms with Crippen LogP contribution in [0.4, 0.5) is 5.95 Å². The van der Waals surface area contributed by atoms with Crippen LogP contribution in [-0.2, 0) is 11.3 Å². The zero-order valence-electron chi connectivity index (χ0n) is 14.1. The van der Waals surface area contributed by atoms with Crippen molar-refractivity contribution in [1.29, 1.82) is 0 Å². The summed E-state index contributed by atoms with van der Waals surface area (Å²) >= 11 is 0. The molecule has 0 radical (unpaired) electrons. The molecule has 0 aromatic carbocycles. The van der Waals surface area contributed by atoms with Gasteiger partial charge < -0.3 is 15.0 Å². The Hall–Kier alpha value is -2.69. The van der Waals surface area contributed by atoms with Crippen molar-refractivity contribution in [3.8, 4) is 0 Å². The molecule has 2 aromatic heterocycles. The Labute approximate surface area is 142 Å². The predicted molar refractivity (Wildman–Crippen MR) is 92.0 cm³/mol. The van der Waals surface area contributed by atoms with Crippen LogP contribution in [0.1, 0.15) is 20.3 Å². The normalized spacial score (nSPS) is 12.0. The van der Waals surface area contributed by atoms with Gasteiger partial charge >= 0.3 is 0 Å². The number of nitroso groups, excluding NO2 is 2. The van der Waals surface area contributed by atoms with Gasteiger partial charge in [0.05, 0.1) is 32.1 Å². The van der Waals surface area contributed by atoms with E-state index in [2.05, 4.69) is 25.3 Å². The summed E-state index contributed by atoms with van der Waals surface area (Å²) in [6, 6.07) is 0. The molecule has 0 aliphatic carbocycles. The number of hydrogen-bond acceptors (Lipinski definition) is 9. The Morgan fingerprint density at radius 3 is 2.64 bits per heavy atom. The monoisotopic (exact) mass is 351 g/mol. The largest absolute Gasteiger partial charge is 0.378 e. The fourth-order valence-corrected chi connectivity index (χ4v) is 2.48. The summed E-state index contributed by atoms with van der Waals surface area (Å²) in [6.07, 6.45) is 1.77. The Bertz CT molecular complexity index is 788. The molecule has 0 spiro atoms. The highest BCUT2D eigenvalue weighted by Gasteiger charge is 2.32. The Balaban J connectivity index is 2.26. The third-order valence-electron chi connectivity index (χ3n) is 3.90. The maximum atomic E-state index is 11.8. The average molecular weight is 351 g/mol. The summed E-state index contributed by atoms with van der Waals surface area (Å²) in [7, 11) is 0. The second kappa shape index (κ2) is 7.92. The number of ether oxygens (including phenoxy) is 1. The lowest BCUT2D eigenvalue weighted by molar-refractivity contribution is 0.00852. The lowest BCUT2D eigenvalue weighted by Crippen LogP contribution is -2.36. The summed E-state index contributed by atoms with van der Waals surface area (Å²) in [5.41, 5.74) is 4.82. The summed E-state index contributed by atoms with van der Waals surface area (Å²) in [6.45, 7) is 4.03. The van der Waals surface area contributed by atoms with Gasteiger partial charge in [0.1, 0.15) is 0 Å². The van der Waals surface area contributed by atoms with E-state index in [4.69, 9.17) is 10.5 Å². The predicted octanol–water partition coefficient (Wildman–Crippen LogP) is 1.04. The van der Waals surface area contributed by atoms with Gasteiger partial charge in [0.25, 0.3) is 5.56 Å². The second-order valence-corrected chi connectivity index (χ2v) is 6.25. The van der Waals surface area contributed by atoms with Crippen LogP contribution in [0, 0.1) is 15.2 Å². The van der Waals surface area contributed by atoms with E-state index >= 15 is 0 Å². The van der Waals surface area contributed by atoms with Gasteiger partial charge in [0.2, 0.25) is 5.95 Å². The van der Waals surface area contributed by atoms with Crippen molar-refractivity contribution in [3.05, 3.63) is 26.5 Å². The molecule has 0 bridgehead atoms. The van der Waals surface area contributed by atoms with Crippen molar-refractivity contribution >= 4 is 17.1 Å². The first kappa shape index (κ1) is 18.6. The van der Waals surface area contributed by atoms with Crippen molar-refractivity contribution in [1.82, 2.24) is 19.5 Å². The number of hydrogen-bond donors (Lipinski definition) is 2. The Morgan fingerprint density at radius 2 is 2.04 bits per heavy atom. The summed E-state index contributed by atoms with van der Waals surface area (Å²) in [4.78, 5) is 44.0. The van der Waals surface area contributed by atoms with Gasteiger partial charge in [-0.2, -0.15) is 14.8 Å². The molecule has 0 aliphatic heterocycles. The van der Waals surface area contributed by atoms with Crippen molar-refractivity contribution in [2.45, 2.75) is 32.9 Å². The maximum Gasteiger partial charge on any atom is 0.280 e. The minimum absolute atomic E-state index is 0.0160. The molecule has 0 fully saturated rings. The van der Waals surface area contributed by atoms with E-state index in [-0.39, 0.29) is 37.3 Å². The van der Waals surface area contributed by atoms with E-state index in [0.717, 1.165) is 0 Å². The summed E-state index contributed by atoms with van der Waals surface area (Å²) in [5, 5.41) is 5.90. The number of aromatic amines is 1. The molecule has 2 rings (SSSR count). The number of nitrogens with one attached hydrogen (secondary N) is 1. The van der Waals surface area contributed by atoms with E-state index in [1.807, 2.05) is 13.8 Å². The van der Waals surface area contributed by atoms with Crippen molar-refractivity contribution in [2.75, 3.05) is 25.4 Å². The molecule has 11 heteroatoms. The number of rotatable bonds is 10. The molecule has 25 heavy (non-hydrogen) atoms. The lowest BCUT2D eigenvalue weighted by Gasteiger charge is -2.29. The highest BCUT2D eigenvalue weighted by molar-refractivity contribution is 5.70. The number of nitrogens with zero attached hydrogens (tertiary/aromatic N) is 5. The van der Waals surface area contributed by atoms with Crippen LogP contribution in [0.15, 0.2) is 21.5 Å². The lowest BCUT2D eigenvalue weighted by atomic mass is 9.85. The summed E-state index contributed by atoms with van der Waals surface area (Å²) in [5.74, 6) is -0.0160. The standard InChI is InChI=1S/C14H21N7O4/c1-9(2)25-7-14(5-17-23,6-18-24)3-4-21-8-16-10-11(21)19-13(15)20-12(10)22/h8-9H,3-7H2,1-2H3,(H3,15,19,20,22). The number of imidazole rings is 1. The van der Waals surface area contributed by atoms with Gasteiger partial charge in [-0.25, -0.2) is 4.98 Å². The molecular formula is C14H21N7O4. The highest BCUT2D eigenvalue weighted by atomic mass is 16.5. The number of aryl methyl sites for hydroxylation is 1. The smallest absolute Gasteiger partial charge is 0.280 e. The molecule has 0 aliphatic rings. The fraction of sp³-hybridized carbons (Fsp3) is 0.643. The first-order chi connectivity index (χ1) is 11.9.